The Hall–Kier alpha value is -3.12. The van der Waals surface area contributed by atoms with Gasteiger partial charge in [-0.2, -0.15) is 21.0 Å². The van der Waals surface area contributed by atoms with Gasteiger partial charge in [0.15, 0.2) is 11.1 Å². The van der Waals surface area contributed by atoms with Gasteiger partial charge in [-0.05, 0) is 56.1 Å². The third-order valence-electron chi connectivity index (χ3n) is 4.34. The van der Waals surface area contributed by atoms with E-state index < -0.39 is 0 Å². The van der Waals surface area contributed by atoms with Crippen molar-refractivity contribution < 1.29 is 0 Å². The molecule has 4 aromatic heterocycles. The van der Waals surface area contributed by atoms with Crippen LogP contribution >= 0.6 is 54.5 Å². The summed E-state index contributed by atoms with van der Waals surface area (Å²) in [6.07, 6.45) is 0. The van der Waals surface area contributed by atoms with E-state index >= 15 is 0 Å². The number of nitrogens with one attached hydrogen (secondary N) is 2. The van der Waals surface area contributed by atoms with Crippen molar-refractivity contribution in [1.82, 2.24) is 9.97 Å². The van der Waals surface area contributed by atoms with Gasteiger partial charge >= 0.3 is 0 Å². The van der Waals surface area contributed by atoms with Crippen molar-refractivity contribution >= 4 is 76.5 Å². The third-order valence-corrected chi connectivity index (χ3v) is 7.62. The first-order chi connectivity index (χ1) is 14.5. The molecule has 6 nitrogen and oxygen atoms in total. The maximum Gasteiger partial charge on any atom is 0.153 e. The number of nitrogens with zero attached hydrogens (tertiary/aromatic N) is 4. The van der Waals surface area contributed by atoms with Gasteiger partial charge in [0, 0.05) is 10.8 Å². The molecule has 142 valence electrons. The van der Waals surface area contributed by atoms with Crippen LogP contribution in [-0.4, -0.2) is 9.97 Å². The molecule has 0 aliphatic rings. The Kier molecular flexibility index (Phi) is 5.35. The van der Waals surface area contributed by atoms with E-state index in [9.17, 15) is 21.0 Å². The number of halogens is 2. The Morgan fingerprint density at radius 3 is 1.30 bits per heavy atom. The quantitative estimate of drug-likeness (QED) is 0.367. The summed E-state index contributed by atoms with van der Waals surface area (Å²) in [7, 11) is 0. The molecule has 0 spiro atoms. The number of aromatic nitrogens is 2. The first-order valence-corrected chi connectivity index (χ1v) is 11.4. The second-order valence-electron chi connectivity index (χ2n) is 5.90. The van der Waals surface area contributed by atoms with Crippen molar-refractivity contribution in [3.05, 3.63) is 42.5 Å². The molecule has 0 saturated carbocycles. The molecule has 0 saturated heterocycles. The van der Waals surface area contributed by atoms with Gasteiger partial charge in [-0.15, -0.1) is 22.7 Å². The third kappa shape index (κ3) is 3.17. The average molecular weight is 554 g/mol. The molecule has 0 unspecified atom stereocenters. The summed E-state index contributed by atoms with van der Waals surface area (Å²) in [4.78, 5) is 8.09. The molecule has 0 atom stereocenters. The molecular weight excluding hydrogens is 548 g/mol. The number of thiophene rings is 2. The second kappa shape index (κ2) is 7.95. The molecule has 2 N–H and O–H groups in total. The number of aromatic amines is 2. The number of H-pyrrole nitrogens is 2. The fourth-order valence-corrected chi connectivity index (χ4v) is 5.95. The highest BCUT2D eigenvalue weighted by atomic mass is 79.9. The predicted octanol–water partition coefficient (Wildman–Crippen LogP) is 4.87. The Morgan fingerprint density at radius 1 is 0.667 bits per heavy atom. The van der Waals surface area contributed by atoms with Crippen molar-refractivity contribution in [3.63, 3.8) is 0 Å². The molecule has 0 aliphatic carbocycles. The second-order valence-corrected chi connectivity index (χ2v) is 10.8. The zero-order valence-electron chi connectivity index (χ0n) is 14.7. The van der Waals surface area contributed by atoms with Crippen molar-refractivity contribution in [2.45, 2.75) is 0 Å². The highest BCUT2D eigenvalue weighted by Gasteiger charge is 2.22. The van der Waals surface area contributed by atoms with Crippen molar-refractivity contribution in [1.29, 1.82) is 21.0 Å². The lowest BCUT2D eigenvalue weighted by atomic mass is 10.1. The lowest BCUT2D eigenvalue weighted by molar-refractivity contribution is 1.30. The lowest BCUT2D eigenvalue weighted by Crippen LogP contribution is -2.08. The molecule has 10 heteroatoms. The SMILES string of the molecule is N#CC(C#N)=c1[nH]c(-c2ccc(Br)s2)c2c(=C(C#N)C#N)[nH]c(-c3ccc(Br)s3)c12. The highest BCUT2D eigenvalue weighted by molar-refractivity contribution is 9.11. The van der Waals surface area contributed by atoms with Gasteiger partial charge in [0.25, 0.3) is 0 Å². The molecule has 0 amide bonds. The van der Waals surface area contributed by atoms with E-state index in [0.717, 1.165) is 17.3 Å². The fourth-order valence-electron chi connectivity index (χ4n) is 3.17. The smallest absolute Gasteiger partial charge is 0.153 e. The van der Waals surface area contributed by atoms with E-state index in [0.29, 0.717) is 32.9 Å². The monoisotopic (exact) mass is 552 g/mol. The summed E-state index contributed by atoms with van der Waals surface area (Å²) in [5.41, 5.74) is 1.10. The summed E-state index contributed by atoms with van der Waals surface area (Å²) in [6.45, 7) is 0. The largest absolute Gasteiger partial charge is 0.352 e. The molecule has 30 heavy (non-hydrogen) atoms. The Morgan fingerprint density at radius 2 is 1.03 bits per heavy atom. The van der Waals surface area contributed by atoms with Gasteiger partial charge in [-0.3, -0.25) is 0 Å². The van der Waals surface area contributed by atoms with E-state index in [1.165, 1.54) is 22.7 Å². The number of hydrogen-bond donors (Lipinski definition) is 2. The van der Waals surface area contributed by atoms with Gasteiger partial charge in [0.1, 0.15) is 24.3 Å². The summed E-state index contributed by atoms with van der Waals surface area (Å²) in [5, 5.41) is 40.1. The minimum absolute atomic E-state index is 0.0836. The fraction of sp³-hybridized carbons (Fsp3) is 0. The van der Waals surface area contributed by atoms with Crippen molar-refractivity contribution in [2.24, 2.45) is 0 Å². The molecule has 4 aromatic rings. The van der Waals surface area contributed by atoms with E-state index in [2.05, 4.69) is 41.8 Å². The standard InChI is InChI=1S/C20H6Br2N6S2/c21-13-3-1-11(29-13)19-15-16(18(27-19)10(7-25)8-26)20(12-2-4-14(22)30-12)28-17(15)9(5-23)6-24/h1-4,27-28H. The van der Waals surface area contributed by atoms with Gasteiger partial charge < -0.3 is 9.97 Å². The van der Waals surface area contributed by atoms with E-state index in [-0.39, 0.29) is 11.1 Å². The molecule has 0 radical (unpaired) electrons. The Bertz CT molecular complexity index is 1470. The van der Waals surface area contributed by atoms with Gasteiger partial charge in [0.05, 0.1) is 39.4 Å². The minimum Gasteiger partial charge on any atom is -0.352 e. The number of hydrogen-bond acceptors (Lipinski definition) is 6. The van der Waals surface area contributed by atoms with Crippen LogP contribution in [-0.2, 0) is 0 Å². The van der Waals surface area contributed by atoms with Gasteiger partial charge in [0.2, 0.25) is 0 Å². The van der Waals surface area contributed by atoms with Crippen LogP contribution in [0.25, 0.3) is 43.1 Å². The summed E-state index contributed by atoms with van der Waals surface area (Å²) in [5.74, 6) is 0. The minimum atomic E-state index is -0.0836. The van der Waals surface area contributed by atoms with E-state index in [1.54, 1.807) is 0 Å². The van der Waals surface area contributed by atoms with E-state index in [4.69, 9.17) is 0 Å². The normalized spacial score (nSPS) is 10.2. The van der Waals surface area contributed by atoms with Crippen molar-refractivity contribution in [3.8, 4) is 45.4 Å². The zero-order valence-corrected chi connectivity index (χ0v) is 19.5. The van der Waals surface area contributed by atoms with Crippen LogP contribution in [0.4, 0.5) is 0 Å². The van der Waals surface area contributed by atoms with Crippen LogP contribution in [0.15, 0.2) is 31.8 Å². The summed E-state index contributed by atoms with van der Waals surface area (Å²) < 4.78 is 1.80. The van der Waals surface area contributed by atoms with Crippen molar-refractivity contribution in [2.75, 3.05) is 0 Å². The summed E-state index contributed by atoms with van der Waals surface area (Å²) >= 11 is 9.81. The molecular formula is C20H6Br2N6S2. The highest BCUT2D eigenvalue weighted by Crippen LogP contribution is 2.38. The molecule has 0 bridgehead atoms. The van der Waals surface area contributed by atoms with Gasteiger partial charge in [-0.1, -0.05) is 0 Å². The molecule has 0 aromatic carbocycles. The first kappa shape index (κ1) is 20.2. The Labute approximate surface area is 194 Å². The Balaban J connectivity index is 2.35. The van der Waals surface area contributed by atoms with Crippen LogP contribution in [0.1, 0.15) is 0 Å². The average Bonchev–Trinajstić information content (AvgIpc) is 3.50. The van der Waals surface area contributed by atoms with E-state index in [1.807, 2.05) is 48.5 Å². The van der Waals surface area contributed by atoms with Crippen LogP contribution in [0, 0.1) is 45.3 Å². The number of nitriles is 4. The maximum atomic E-state index is 9.54. The molecule has 0 aliphatic heterocycles. The first-order valence-electron chi connectivity index (χ1n) is 8.16. The molecule has 4 rings (SSSR count). The topological polar surface area (TPSA) is 127 Å². The van der Waals surface area contributed by atoms with Crippen LogP contribution < -0.4 is 10.7 Å². The predicted molar refractivity (Wildman–Crippen MR) is 123 cm³/mol. The summed E-state index contributed by atoms with van der Waals surface area (Å²) in [6, 6.07) is 15.3. The lowest BCUT2D eigenvalue weighted by Gasteiger charge is -1.94. The molecule has 4 heterocycles. The van der Waals surface area contributed by atoms with Gasteiger partial charge in [-0.25, -0.2) is 0 Å². The van der Waals surface area contributed by atoms with Crippen LogP contribution in [0.3, 0.4) is 0 Å². The van der Waals surface area contributed by atoms with Crippen LogP contribution in [0.2, 0.25) is 0 Å². The zero-order chi connectivity index (χ0) is 21.4. The molecule has 0 fully saturated rings. The number of fused-ring (bicyclic) bond motifs is 1. The number of rotatable bonds is 2. The van der Waals surface area contributed by atoms with Crippen LogP contribution in [0.5, 0.6) is 0 Å². The maximum absolute atomic E-state index is 9.54.